The monoisotopic (exact) mass is 515 g/mol. The van der Waals surface area contributed by atoms with E-state index >= 15 is 0 Å². The molecule has 0 N–H and O–H groups in total. The summed E-state index contributed by atoms with van der Waals surface area (Å²) in [6.07, 6.45) is 3.33. The molecule has 1 saturated heterocycles. The Morgan fingerprint density at radius 1 is 1.11 bits per heavy atom. The molecule has 3 aromatic rings. The summed E-state index contributed by atoms with van der Waals surface area (Å²) in [4.78, 5) is 20.3. The highest BCUT2D eigenvalue weighted by atomic mass is 32.2. The molecule has 188 valence electrons. The van der Waals surface area contributed by atoms with Gasteiger partial charge in [-0.25, -0.2) is 13.4 Å². The van der Waals surface area contributed by atoms with Crippen LogP contribution in [0.1, 0.15) is 55.5 Å². The molecule has 0 aliphatic carbocycles. The second kappa shape index (κ2) is 11.2. The van der Waals surface area contributed by atoms with Gasteiger partial charge in [0.25, 0.3) is 5.91 Å². The third-order valence-corrected chi connectivity index (χ3v) is 9.06. The van der Waals surface area contributed by atoms with E-state index in [0.717, 1.165) is 41.5 Å². The van der Waals surface area contributed by atoms with Gasteiger partial charge in [0.05, 0.1) is 27.8 Å². The van der Waals surface area contributed by atoms with Crippen molar-refractivity contribution < 1.29 is 17.9 Å². The first-order chi connectivity index (χ1) is 16.8. The van der Waals surface area contributed by atoms with Crippen LogP contribution < -0.4 is 4.90 Å². The van der Waals surface area contributed by atoms with E-state index in [4.69, 9.17) is 9.72 Å². The molecule has 0 radical (unpaired) electrons. The minimum atomic E-state index is -3.60. The number of amides is 1. The summed E-state index contributed by atoms with van der Waals surface area (Å²) in [7, 11) is -3.60. The first-order valence-corrected chi connectivity index (χ1v) is 14.5. The van der Waals surface area contributed by atoms with Crippen molar-refractivity contribution in [3.8, 4) is 0 Å². The zero-order chi connectivity index (χ0) is 25.0. The molecule has 4 rings (SSSR count). The van der Waals surface area contributed by atoms with E-state index in [2.05, 4.69) is 6.07 Å². The number of thiazole rings is 1. The Hall–Kier alpha value is -2.33. The van der Waals surface area contributed by atoms with Crippen LogP contribution in [0.2, 0.25) is 0 Å². The Balaban J connectivity index is 1.63. The molecular weight excluding hydrogens is 482 g/mol. The van der Waals surface area contributed by atoms with Crippen molar-refractivity contribution in [3.05, 3.63) is 53.6 Å². The highest BCUT2D eigenvalue weighted by molar-refractivity contribution is 7.89. The lowest BCUT2D eigenvalue weighted by Gasteiger charge is -2.23. The van der Waals surface area contributed by atoms with Gasteiger partial charge < -0.3 is 4.74 Å². The second-order valence-electron chi connectivity index (χ2n) is 8.95. The zero-order valence-corrected chi connectivity index (χ0v) is 22.2. The van der Waals surface area contributed by atoms with Gasteiger partial charge in [0, 0.05) is 25.3 Å². The number of anilines is 1. The molecule has 1 aliphatic rings. The number of hydrogen-bond acceptors (Lipinski definition) is 6. The van der Waals surface area contributed by atoms with E-state index in [-0.39, 0.29) is 16.9 Å². The van der Waals surface area contributed by atoms with Crippen LogP contribution in [-0.2, 0) is 14.8 Å². The van der Waals surface area contributed by atoms with E-state index in [1.165, 1.54) is 27.8 Å². The van der Waals surface area contributed by atoms with Crippen LogP contribution in [0.25, 0.3) is 10.2 Å². The van der Waals surface area contributed by atoms with Crippen molar-refractivity contribution in [1.29, 1.82) is 0 Å². The molecule has 7 nitrogen and oxygen atoms in total. The van der Waals surface area contributed by atoms with Crippen molar-refractivity contribution in [1.82, 2.24) is 9.29 Å². The molecular formula is C26H33N3O4S2. The first-order valence-electron chi connectivity index (χ1n) is 12.2. The number of benzene rings is 2. The molecule has 1 atom stereocenters. The fraction of sp³-hybridized carbons (Fsp3) is 0.462. The number of carbonyl (C=O) groups is 1. The number of carbonyl (C=O) groups excluding carboxylic acids is 1. The SMILES string of the molecule is CCCN(CCC)S(=O)(=O)c1ccc(C(=O)N(CC2CCCO2)c2nc3ccc(C)cc3s2)cc1. The minimum absolute atomic E-state index is 0.0380. The van der Waals surface area contributed by atoms with Gasteiger partial charge in [0.15, 0.2) is 5.13 Å². The van der Waals surface area contributed by atoms with Crippen LogP contribution in [0.15, 0.2) is 47.4 Å². The predicted molar refractivity (Wildman–Crippen MR) is 141 cm³/mol. The molecule has 0 bridgehead atoms. The van der Waals surface area contributed by atoms with Crippen molar-refractivity contribution in [2.45, 2.75) is 57.5 Å². The van der Waals surface area contributed by atoms with Crippen LogP contribution >= 0.6 is 11.3 Å². The predicted octanol–water partition coefficient (Wildman–Crippen LogP) is 5.24. The van der Waals surface area contributed by atoms with Crippen LogP contribution in [-0.4, -0.2) is 56.0 Å². The van der Waals surface area contributed by atoms with Crippen molar-refractivity contribution in [2.24, 2.45) is 0 Å². The van der Waals surface area contributed by atoms with Gasteiger partial charge in [-0.05, 0) is 74.6 Å². The molecule has 1 aliphatic heterocycles. The number of ether oxygens (including phenoxy) is 1. The number of aromatic nitrogens is 1. The second-order valence-corrected chi connectivity index (χ2v) is 11.9. The lowest BCUT2D eigenvalue weighted by molar-refractivity contribution is 0.0917. The first kappa shape index (κ1) is 25.8. The molecule has 2 heterocycles. The molecule has 1 fully saturated rings. The average molecular weight is 516 g/mol. The number of hydrogen-bond donors (Lipinski definition) is 0. The summed E-state index contributed by atoms with van der Waals surface area (Å²) in [6.45, 7) is 8.03. The highest BCUT2D eigenvalue weighted by Crippen LogP contribution is 2.31. The summed E-state index contributed by atoms with van der Waals surface area (Å²) in [6, 6.07) is 12.3. The smallest absolute Gasteiger partial charge is 0.260 e. The largest absolute Gasteiger partial charge is 0.376 e. The fourth-order valence-corrected chi connectivity index (χ4v) is 7.00. The van der Waals surface area contributed by atoms with Crippen molar-refractivity contribution in [2.75, 3.05) is 31.1 Å². The van der Waals surface area contributed by atoms with Gasteiger partial charge in [0.2, 0.25) is 10.0 Å². The van der Waals surface area contributed by atoms with Gasteiger partial charge in [-0.3, -0.25) is 9.69 Å². The Morgan fingerprint density at radius 2 is 1.83 bits per heavy atom. The van der Waals surface area contributed by atoms with Gasteiger partial charge in [-0.2, -0.15) is 4.31 Å². The lowest BCUT2D eigenvalue weighted by atomic mass is 10.2. The Morgan fingerprint density at radius 3 is 2.46 bits per heavy atom. The van der Waals surface area contributed by atoms with E-state index in [9.17, 15) is 13.2 Å². The molecule has 0 saturated carbocycles. The topological polar surface area (TPSA) is 79.8 Å². The minimum Gasteiger partial charge on any atom is -0.376 e. The summed E-state index contributed by atoms with van der Waals surface area (Å²) < 4.78 is 34.6. The summed E-state index contributed by atoms with van der Waals surface area (Å²) >= 11 is 1.48. The Kier molecular flexibility index (Phi) is 8.21. The molecule has 35 heavy (non-hydrogen) atoms. The number of aryl methyl sites for hydroxylation is 1. The quantitative estimate of drug-likeness (QED) is 0.369. The molecule has 0 spiro atoms. The summed E-state index contributed by atoms with van der Waals surface area (Å²) in [5.41, 5.74) is 2.42. The summed E-state index contributed by atoms with van der Waals surface area (Å²) in [5, 5.41) is 0.625. The molecule has 1 unspecified atom stereocenters. The van der Waals surface area contributed by atoms with Crippen LogP contribution in [0.5, 0.6) is 0 Å². The third kappa shape index (κ3) is 5.74. The van der Waals surface area contributed by atoms with Gasteiger partial charge >= 0.3 is 0 Å². The van der Waals surface area contributed by atoms with Gasteiger partial charge in [-0.15, -0.1) is 0 Å². The third-order valence-electron chi connectivity index (χ3n) is 6.10. The number of sulfonamides is 1. The normalized spacial score (nSPS) is 16.3. The maximum absolute atomic E-state index is 13.7. The maximum Gasteiger partial charge on any atom is 0.260 e. The number of rotatable bonds is 10. The van der Waals surface area contributed by atoms with E-state index in [0.29, 0.717) is 36.9 Å². The maximum atomic E-state index is 13.7. The van der Waals surface area contributed by atoms with E-state index < -0.39 is 10.0 Å². The van der Waals surface area contributed by atoms with E-state index in [1.54, 1.807) is 17.0 Å². The fourth-order valence-electron chi connectivity index (χ4n) is 4.30. The molecule has 1 aromatic heterocycles. The molecule has 1 amide bonds. The number of fused-ring (bicyclic) bond motifs is 1. The van der Waals surface area contributed by atoms with Crippen LogP contribution in [0.3, 0.4) is 0 Å². The highest BCUT2D eigenvalue weighted by Gasteiger charge is 2.28. The zero-order valence-electron chi connectivity index (χ0n) is 20.6. The lowest BCUT2D eigenvalue weighted by Crippen LogP contribution is -2.37. The van der Waals surface area contributed by atoms with Gasteiger partial charge in [-0.1, -0.05) is 31.3 Å². The Bertz CT molecular complexity index is 1260. The van der Waals surface area contributed by atoms with E-state index in [1.807, 2.05) is 32.9 Å². The molecule has 2 aromatic carbocycles. The Labute approximate surface area is 211 Å². The standard InChI is InChI=1S/C26H33N3O4S2/c1-4-14-28(15-5-2)35(31,32)22-11-9-20(10-12-22)25(30)29(18-21-7-6-16-33-21)26-27-23-13-8-19(3)17-24(23)34-26/h8-13,17,21H,4-7,14-16,18H2,1-3H3. The molecule has 9 heteroatoms. The summed E-state index contributed by atoms with van der Waals surface area (Å²) in [5.74, 6) is -0.209. The van der Waals surface area contributed by atoms with Crippen molar-refractivity contribution >= 4 is 42.6 Å². The van der Waals surface area contributed by atoms with Crippen LogP contribution in [0.4, 0.5) is 5.13 Å². The number of nitrogens with zero attached hydrogens (tertiary/aromatic N) is 3. The van der Waals surface area contributed by atoms with Crippen LogP contribution in [0, 0.1) is 6.92 Å². The van der Waals surface area contributed by atoms with Gasteiger partial charge in [0.1, 0.15) is 0 Å². The average Bonchev–Trinajstić information content (AvgIpc) is 3.51. The van der Waals surface area contributed by atoms with Crippen molar-refractivity contribution in [3.63, 3.8) is 0 Å².